The maximum absolute atomic E-state index is 5.97. The average Bonchev–Trinajstić information content (AvgIpc) is 2.45. The lowest BCUT2D eigenvalue weighted by Gasteiger charge is -2.13. The fourth-order valence-electron chi connectivity index (χ4n) is 1.80. The fourth-order valence-corrected chi connectivity index (χ4v) is 2.13. The maximum atomic E-state index is 5.97. The number of rotatable bonds is 5. The molecule has 2 N–H and O–H groups in total. The summed E-state index contributed by atoms with van der Waals surface area (Å²) in [5.74, 6) is 1.34. The van der Waals surface area contributed by atoms with Gasteiger partial charge in [0.25, 0.3) is 0 Å². The molecule has 0 aromatic heterocycles. The Morgan fingerprint density at radius 3 is 2.65 bits per heavy atom. The molecule has 0 spiro atoms. The molecule has 0 saturated carbocycles. The van der Waals surface area contributed by atoms with E-state index in [2.05, 4.69) is 0 Å². The summed E-state index contributed by atoms with van der Waals surface area (Å²) in [5, 5.41) is 0.569. The van der Waals surface area contributed by atoms with Crippen molar-refractivity contribution >= 4 is 28.8 Å². The van der Waals surface area contributed by atoms with Crippen LogP contribution in [0.4, 0.5) is 0 Å². The number of ether oxygens (including phenoxy) is 2. The zero-order valence-corrected chi connectivity index (χ0v) is 12.5. The molecule has 0 saturated heterocycles. The van der Waals surface area contributed by atoms with Crippen LogP contribution in [0, 0.1) is 0 Å². The summed E-state index contributed by atoms with van der Waals surface area (Å²) in [6.07, 6.45) is 0. The Kier molecular flexibility index (Phi) is 4.82. The van der Waals surface area contributed by atoms with Crippen LogP contribution in [0.2, 0.25) is 5.02 Å². The molecular formula is C15H14ClNO2S. The van der Waals surface area contributed by atoms with E-state index in [0.29, 0.717) is 22.9 Å². The van der Waals surface area contributed by atoms with Crippen LogP contribution in [0.15, 0.2) is 42.5 Å². The molecule has 0 heterocycles. The minimum atomic E-state index is 0.275. The van der Waals surface area contributed by atoms with Crippen molar-refractivity contribution in [2.24, 2.45) is 5.73 Å². The first-order valence-electron chi connectivity index (χ1n) is 5.96. The second-order valence-electron chi connectivity index (χ2n) is 4.11. The predicted octanol–water partition coefficient (Wildman–Crippen LogP) is 3.56. The third-order valence-electron chi connectivity index (χ3n) is 2.78. The smallest absolute Gasteiger partial charge is 0.131 e. The molecule has 0 atom stereocenters. The van der Waals surface area contributed by atoms with Gasteiger partial charge in [-0.15, -0.1) is 0 Å². The topological polar surface area (TPSA) is 44.5 Å². The molecule has 0 unspecified atom stereocenters. The van der Waals surface area contributed by atoms with Gasteiger partial charge in [0, 0.05) is 10.6 Å². The Morgan fingerprint density at radius 2 is 1.95 bits per heavy atom. The molecule has 0 radical (unpaired) electrons. The summed E-state index contributed by atoms with van der Waals surface area (Å²) < 4.78 is 11.1. The van der Waals surface area contributed by atoms with Gasteiger partial charge in [-0.3, -0.25) is 0 Å². The molecule has 2 aromatic carbocycles. The molecule has 0 bridgehead atoms. The minimum Gasteiger partial charge on any atom is -0.496 e. The highest BCUT2D eigenvalue weighted by Crippen LogP contribution is 2.26. The van der Waals surface area contributed by atoms with Crippen molar-refractivity contribution in [2.75, 3.05) is 7.11 Å². The summed E-state index contributed by atoms with van der Waals surface area (Å²) in [6.45, 7) is 0.347. The van der Waals surface area contributed by atoms with Crippen molar-refractivity contribution in [3.63, 3.8) is 0 Å². The predicted molar refractivity (Wildman–Crippen MR) is 84.7 cm³/mol. The van der Waals surface area contributed by atoms with E-state index in [1.807, 2.05) is 24.3 Å². The van der Waals surface area contributed by atoms with E-state index in [4.69, 9.17) is 39.0 Å². The first-order chi connectivity index (χ1) is 9.61. The number of halogens is 1. The second kappa shape index (κ2) is 6.59. The number of hydrogen-bond donors (Lipinski definition) is 1. The number of nitrogens with two attached hydrogens (primary N) is 1. The van der Waals surface area contributed by atoms with Crippen molar-refractivity contribution in [2.45, 2.75) is 6.61 Å². The maximum Gasteiger partial charge on any atom is 0.131 e. The van der Waals surface area contributed by atoms with Crippen LogP contribution in [0.5, 0.6) is 11.5 Å². The van der Waals surface area contributed by atoms with Crippen LogP contribution in [0.25, 0.3) is 0 Å². The third-order valence-corrected chi connectivity index (χ3v) is 3.24. The molecule has 0 aliphatic carbocycles. The molecule has 20 heavy (non-hydrogen) atoms. The highest BCUT2D eigenvalue weighted by molar-refractivity contribution is 7.80. The van der Waals surface area contributed by atoms with E-state index in [9.17, 15) is 0 Å². The van der Waals surface area contributed by atoms with Crippen LogP contribution in [-0.2, 0) is 6.61 Å². The number of methoxy groups -OCH3 is 1. The van der Waals surface area contributed by atoms with E-state index in [0.717, 1.165) is 11.3 Å². The SMILES string of the molecule is COc1ccccc1COc1cc(Cl)ccc1C(N)=S. The fraction of sp³-hybridized carbons (Fsp3) is 0.133. The van der Waals surface area contributed by atoms with Gasteiger partial charge in [0.05, 0.1) is 12.7 Å². The molecule has 0 aliphatic heterocycles. The Balaban J connectivity index is 2.22. The van der Waals surface area contributed by atoms with Gasteiger partial charge >= 0.3 is 0 Å². The van der Waals surface area contributed by atoms with Gasteiger partial charge in [-0.25, -0.2) is 0 Å². The molecule has 5 heteroatoms. The van der Waals surface area contributed by atoms with Gasteiger partial charge in [-0.05, 0) is 24.3 Å². The first kappa shape index (κ1) is 14.6. The molecule has 3 nitrogen and oxygen atoms in total. The average molecular weight is 308 g/mol. The van der Waals surface area contributed by atoms with E-state index in [-0.39, 0.29) is 4.99 Å². The Bertz CT molecular complexity index is 631. The summed E-state index contributed by atoms with van der Waals surface area (Å²) >= 11 is 11.0. The Hall–Kier alpha value is -1.78. The zero-order valence-electron chi connectivity index (χ0n) is 10.9. The van der Waals surface area contributed by atoms with E-state index in [1.165, 1.54) is 0 Å². The molecule has 0 aliphatic rings. The van der Waals surface area contributed by atoms with Gasteiger partial charge in [-0.2, -0.15) is 0 Å². The molecule has 104 valence electrons. The van der Waals surface area contributed by atoms with Gasteiger partial charge in [0.15, 0.2) is 0 Å². The summed E-state index contributed by atoms with van der Waals surface area (Å²) in [6, 6.07) is 12.8. The highest BCUT2D eigenvalue weighted by Gasteiger charge is 2.09. The van der Waals surface area contributed by atoms with Crippen molar-refractivity contribution in [3.8, 4) is 11.5 Å². The molecular weight excluding hydrogens is 294 g/mol. The van der Waals surface area contributed by atoms with Gasteiger partial charge in [0.1, 0.15) is 23.1 Å². The standard InChI is InChI=1S/C15H14ClNO2S/c1-18-13-5-3-2-4-10(13)9-19-14-8-11(16)6-7-12(14)15(17)20/h2-8H,9H2,1H3,(H2,17,20). The van der Waals surface area contributed by atoms with Crippen LogP contribution >= 0.6 is 23.8 Å². The van der Waals surface area contributed by atoms with E-state index < -0.39 is 0 Å². The van der Waals surface area contributed by atoms with Crippen molar-refractivity contribution in [3.05, 3.63) is 58.6 Å². The largest absolute Gasteiger partial charge is 0.496 e. The lowest BCUT2D eigenvalue weighted by atomic mass is 10.2. The highest BCUT2D eigenvalue weighted by atomic mass is 35.5. The number of thiocarbonyl (C=S) groups is 1. The number of hydrogen-bond acceptors (Lipinski definition) is 3. The quantitative estimate of drug-likeness (QED) is 0.858. The van der Waals surface area contributed by atoms with Crippen LogP contribution < -0.4 is 15.2 Å². The summed E-state index contributed by atoms with van der Waals surface area (Å²) in [7, 11) is 1.62. The van der Waals surface area contributed by atoms with E-state index in [1.54, 1.807) is 25.3 Å². The monoisotopic (exact) mass is 307 g/mol. The Labute approximate surface area is 128 Å². The third kappa shape index (κ3) is 3.40. The molecule has 2 aromatic rings. The van der Waals surface area contributed by atoms with Crippen LogP contribution in [0.3, 0.4) is 0 Å². The normalized spacial score (nSPS) is 10.1. The lowest BCUT2D eigenvalue weighted by molar-refractivity contribution is 0.296. The van der Waals surface area contributed by atoms with Gasteiger partial charge in [-0.1, -0.05) is 42.0 Å². The number of benzene rings is 2. The van der Waals surface area contributed by atoms with Crippen molar-refractivity contribution < 1.29 is 9.47 Å². The molecule has 0 fully saturated rings. The van der Waals surface area contributed by atoms with Crippen LogP contribution in [-0.4, -0.2) is 12.1 Å². The van der Waals surface area contributed by atoms with Gasteiger partial charge < -0.3 is 15.2 Å². The number of para-hydroxylation sites is 1. The Morgan fingerprint density at radius 1 is 1.20 bits per heavy atom. The summed E-state index contributed by atoms with van der Waals surface area (Å²) in [5.41, 5.74) is 7.27. The lowest BCUT2D eigenvalue weighted by Crippen LogP contribution is -2.11. The van der Waals surface area contributed by atoms with Gasteiger partial charge in [0.2, 0.25) is 0 Å². The van der Waals surface area contributed by atoms with E-state index >= 15 is 0 Å². The van der Waals surface area contributed by atoms with Crippen molar-refractivity contribution in [1.82, 2.24) is 0 Å². The first-order valence-corrected chi connectivity index (χ1v) is 6.74. The minimum absolute atomic E-state index is 0.275. The summed E-state index contributed by atoms with van der Waals surface area (Å²) in [4.78, 5) is 0.275. The zero-order chi connectivity index (χ0) is 14.5. The van der Waals surface area contributed by atoms with Crippen molar-refractivity contribution in [1.29, 1.82) is 0 Å². The second-order valence-corrected chi connectivity index (χ2v) is 4.98. The molecule has 2 rings (SSSR count). The molecule has 0 amide bonds. The van der Waals surface area contributed by atoms with Crippen LogP contribution in [0.1, 0.15) is 11.1 Å².